The van der Waals surface area contributed by atoms with Crippen molar-refractivity contribution in [2.24, 2.45) is 0 Å². The van der Waals surface area contributed by atoms with Crippen molar-refractivity contribution in [2.75, 3.05) is 6.61 Å². The quantitative estimate of drug-likeness (QED) is 0.764. The third-order valence-electron chi connectivity index (χ3n) is 2.39. The topological polar surface area (TPSA) is 59.4 Å². The van der Waals surface area contributed by atoms with Gasteiger partial charge in [-0.2, -0.15) is 0 Å². The van der Waals surface area contributed by atoms with Crippen LogP contribution in [0.25, 0.3) is 0 Å². The number of pyridine rings is 1. The van der Waals surface area contributed by atoms with E-state index in [1.165, 1.54) is 19.2 Å². The van der Waals surface area contributed by atoms with Gasteiger partial charge >= 0.3 is 5.97 Å². The number of hydrogen-bond acceptors (Lipinski definition) is 3. The van der Waals surface area contributed by atoms with E-state index in [1.807, 2.05) is 0 Å². The van der Waals surface area contributed by atoms with Crippen molar-refractivity contribution in [3.05, 3.63) is 29.1 Å². The number of aromatic carboxylic acids is 1. The maximum atomic E-state index is 13.9. The summed E-state index contributed by atoms with van der Waals surface area (Å²) in [7, 11) is 0. The molecule has 5 heteroatoms. The van der Waals surface area contributed by atoms with Gasteiger partial charge in [0.25, 0.3) is 0 Å². The Balaban J connectivity index is 2.53. The lowest BCUT2D eigenvalue weighted by molar-refractivity contribution is -0.00695. The SMILES string of the molecule is C[C@@]1(F)COCc2ncc(C(=O)O)cc21. The molecule has 80 valence electrons. The Kier molecular flexibility index (Phi) is 2.19. The zero-order valence-electron chi connectivity index (χ0n) is 8.16. The van der Waals surface area contributed by atoms with Gasteiger partial charge in [-0.1, -0.05) is 0 Å². The number of nitrogens with zero attached hydrogens (tertiary/aromatic N) is 1. The van der Waals surface area contributed by atoms with Crippen LogP contribution in [0.5, 0.6) is 0 Å². The van der Waals surface area contributed by atoms with Gasteiger partial charge in [-0.05, 0) is 13.0 Å². The fourth-order valence-electron chi connectivity index (χ4n) is 1.59. The maximum Gasteiger partial charge on any atom is 0.337 e. The van der Waals surface area contributed by atoms with E-state index in [1.54, 1.807) is 0 Å². The molecule has 0 saturated heterocycles. The first kappa shape index (κ1) is 10.0. The number of carbonyl (C=O) groups is 1. The first-order valence-electron chi connectivity index (χ1n) is 4.50. The Labute approximate surface area is 85.7 Å². The molecular formula is C10H10FNO3. The Hall–Kier alpha value is -1.49. The minimum absolute atomic E-state index is 0.000440. The molecule has 1 aromatic heterocycles. The van der Waals surface area contributed by atoms with Gasteiger partial charge in [-0.25, -0.2) is 9.18 Å². The summed E-state index contributed by atoms with van der Waals surface area (Å²) in [6, 6.07) is 1.33. The van der Waals surface area contributed by atoms with Crippen LogP contribution in [0.1, 0.15) is 28.5 Å². The molecule has 4 nitrogen and oxygen atoms in total. The number of carboxylic acids is 1. The Morgan fingerprint density at radius 1 is 1.73 bits per heavy atom. The third-order valence-corrected chi connectivity index (χ3v) is 2.39. The number of aromatic nitrogens is 1. The molecule has 0 unspecified atom stereocenters. The second kappa shape index (κ2) is 3.27. The fourth-order valence-corrected chi connectivity index (χ4v) is 1.59. The Morgan fingerprint density at radius 3 is 3.13 bits per heavy atom. The first-order chi connectivity index (χ1) is 7.00. The predicted molar refractivity (Wildman–Crippen MR) is 49.3 cm³/mol. The van der Waals surface area contributed by atoms with Crippen LogP contribution in [-0.2, 0) is 17.0 Å². The lowest BCUT2D eigenvalue weighted by atomic mass is 9.94. The molecule has 2 rings (SSSR count). The predicted octanol–water partition coefficient (Wildman–Crippen LogP) is 1.49. The van der Waals surface area contributed by atoms with Gasteiger partial charge in [-0.3, -0.25) is 4.98 Å². The highest BCUT2D eigenvalue weighted by Crippen LogP contribution is 2.32. The summed E-state index contributed by atoms with van der Waals surface area (Å²) in [5.41, 5.74) is -0.879. The molecule has 2 heterocycles. The molecule has 0 aliphatic carbocycles. The molecular weight excluding hydrogens is 201 g/mol. The van der Waals surface area contributed by atoms with Gasteiger partial charge in [0.1, 0.15) is 0 Å². The zero-order chi connectivity index (χ0) is 11.1. The average molecular weight is 211 g/mol. The maximum absolute atomic E-state index is 13.9. The second-order valence-electron chi connectivity index (χ2n) is 3.71. The zero-order valence-corrected chi connectivity index (χ0v) is 8.16. The van der Waals surface area contributed by atoms with Gasteiger partial charge in [0.15, 0.2) is 5.67 Å². The van der Waals surface area contributed by atoms with E-state index in [-0.39, 0.29) is 18.8 Å². The molecule has 15 heavy (non-hydrogen) atoms. The summed E-state index contributed by atoms with van der Waals surface area (Å²) < 4.78 is 19.0. The smallest absolute Gasteiger partial charge is 0.337 e. The number of carboxylic acid groups (broad SMARTS) is 1. The van der Waals surface area contributed by atoms with Crippen molar-refractivity contribution in [1.29, 1.82) is 0 Å². The summed E-state index contributed by atoms with van der Waals surface area (Å²) in [5, 5.41) is 8.76. The first-order valence-corrected chi connectivity index (χ1v) is 4.50. The van der Waals surface area contributed by atoms with Crippen LogP contribution < -0.4 is 0 Å². The van der Waals surface area contributed by atoms with E-state index < -0.39 is 11.6 Å². The minimum Gasteiger partial charge on any atom is -0.478 e. The van der Waals surface area contributed by atoms with E-state index in [9.17, 15) is 9.18 Å². The number of hydrogen-bond donors (Lipinski definition) is 1. The summed E-state index contributed by atoms with van der Waals surface area (Å²) >= 11 is 0. The molecule has 1 aliphatic rings. The van der Waals surface area contributed by atoms with Gasteiger partial charge < -0.3 is 9.84 Å². The monoisotopic (exact) mass is 211 g/mol. The lowest BCUT2D eigenvalue weighted by Crippen LogP contribution is -2.30. The molecule has 1 atom stereocenters. The van der Waals surface area contributed by atoms with Crippen molar-refractivity contribution in [3.63, 3.8) is 0 Å². The van der Waals surface area contributed by atoms with Crippen LogP contribution >= 0.6 is 0 Å². The highest BCUT2D eigenvalue weighted by Gasteiger charge is 2.34. The number of rotatable bonds is 1. The summed E-state index contributed by atoms with van der Waals surface area (Å²) in [6.07, 6.45) is 1.21. The number of ether oxygens (including phenoxy) is 1. The van der Waals surface area contributed by atoms with E-state index in [0.29, 0.717) is 11.3 Å². The molecule has 0 aromatic carbocycles. The van der Waals surface area contributed by atoms with Crippen LogP contribution in [0.2, 0.25) is 0 Å². The molecule has 0 radical (unpaired) electrons. The van der Waals surface area contributed by atoms with Gasteiger partial charge in [0.05, 0.1) is 24.5 Å². The Bertz CT molecular complexity index is 417. The van der Waals surface area contributed by atoms with E-state index in [4.69, 9.17) is 9.84 Å². The molecule has 1 aromatic rings. The number of fused-ring (bicyclic) bond motifs is 1. The van der Waals surface area contributed by atoms with Crippen LogP contribution in [-0.4, -0.2) is 22.7 Å². The molecule has 1 aliphatic heterocycles. The van der Waals surface area contributed by atoms with Crippen molar-refractivity contribution in [1.82, 2.24) is 4.98 Å². The Morgan fingerprint density at radius 2 is 2.47 bits per heavy atom. The van der Waals surface area contributed by atoms with Crippen LogP contribution in [0.4, 0.5) is 4.39 Å². The van der Waals surface area contributed by atoms with Crippen molar-refractivity contribution in [2.45, 2.75) is 19.2 Å². The summed E-state index contributed by atoms with van der Waals surface area (Å²) in [4.78, 5) is 14.6. The van der Waals surface area contributed by atoms with Crippen LogP contribution in [0, 0.1) is 0 Å². The largest absolute Gasteiger partial charge is 0.478 e. The van der Waals surface area contributed by atoms with Crippen molar-refractivity contribution < 1.29 is 19.0 Å². The summed E-state index contributed by atoms with van der Waals surface area (Å²) in [6.45, 7) is 1.53. The summed E-state index contributed by atoms with van der Waals surface area (Å²) in [5.74, 6) is -1.10. The molecule has 0 saturated carbocycles. The fraction of sp³-hybridized carbons (Fsp3) is 0.400. The molecule has 0 spiro atoms. The highest BCUT2D eigenvalue weighted by molar-refractivity contribution is 5.87. The van der Waals surface area contributed by atoms with Crippen LogP contribution in [0.15, 0.2) is 12.3 Å². The van der Waals surface area contributed by atoms with E-state index >= 15 is 0 Å². The molecule has 0 bridgehead atoms. The number of halogens is 1. The minimum atomic E-state index is -1.66. The van der Waals surface area contributed by atoms with E-state index in [2.05, 4.69) is 4.98 Å². The second-order valence-corrected chi connectivity index (χ2v) is 3.71. The normalized spacial score (nSPS) is 24.7. The van der Waals surface area contributed by atoms with Gasteiger partial charge in [-0.15, -0.1) is 0 Å². The lowest BCUT2D eigenvalue weighted by Gasteiger charge is -2.27. The van der Waals surface area contributed by atoms with Crippen LogP contribution in [0.3, 0.4) is 0 Å². The highest BCUT2D eigenvalue weighted by atomic mass is 19.1. The third kappa shape index (κ3) is 1.70. The van der Waals surface area contributed by atoms with Gasteiger partial charge in [0.2, 0.25) is 0 Å². The van der Waals surface area contributed by atoms with Gasteiger partial charge in [0, 0.05) is 11.8 Å². The van der Waals surface area contributed by atoms with E-state index in [0.717, 1.165) is 0 Å². The van der Waals surface area contributed by atoms with Crippen molar-refractivity contribution in [3.8, 4) is 0 Å². The standard InChI is InChI=1S/C10H10FNO3/c1-10(11)5-15-4-8-7(10)2-6(3-12-8)9(13)14/h2-3H,4-5H2,1H3,(H,13,14)/t10-/m1/s1. The molecule has 1 N–H and O–H groups in total. The van der Waals surface area contributed by atoms with Crippen molar-refractivity contribution >= 4 is 5.97 Å². The molecule has 0 amide bonds. The number of alkyl halides is 1. The average Bonchev–Trinajstić information content (AvgIpc) is 2.17. The molecule has 0 fully saturated rings.